The molecule has 0 saturated heterocycles. The summed E-state index contributed by atoms with van der Waals surface area (Å²) < 4.78 is 16.7. The minimum absolute atomic E-state index is 0.137. The Balaban J connectivity index is 1.86. The second kappa shape index (κ2) is 10.7. The van der Waals surface area contributed by atoms with Crippen molar-refractivity contribution in [3.63, 3.8) is 0 Å². The van der Waals surface area contributed by atoms with E-state index in [-0.39, 0.29) is 11.5 Å². The van der Waals surface area contributed by atoms with Gasteiger partial charge in [0.25, 0.3) is 5.69 Å². The summed E-state index contributed by atoms with van der Waals surface area (Å²) in [7, 11) is 0. The molecule has 0 heterocycles. The number of nitro benzene ring substituents is 2. The first-order chi connectivity index (χ1) is 15.9. The monoisotopic (exact) mass is 451 g/mol. The lowest BCUT2D eigenvalue weighted by Crippen LogP contribution is -1.99. The topological polar surface area (TPSA) is 126 Å². The molecule has 3 aromatic rings. The van der Waals surface area contributed by atoms with E-state index < -0.39 is 21.2 Å². The fraction of sp³-hybridized carbons (Fsp3) is 0.174. The van der Waals surface area contributed by atoms with Gasteiger partial charge in [-0.1, -0.05) is 0 Å². The van der Waals surface area contributed by atoms with Gasteiger partial charge in [0.15, 0.2) is 11.5 Å². The van der Waals surface area contributed by atoms with Gasteiger partial charge in [0, 0.05) is 12.3 Å². The summed E-state index contributed by atoms with van der Waals surface area (Å²) in [5.74, 6) is 1.20. The average Bonchev–Trinajstić information content (AvgIpc) is 2.80. The minimum atomic E-state index is -0.736. The van der Waals surface area contributed by atoms with Crippen LogP contribution in [-0.2, 0) is 0 Å². The summed E-state index contributed by atoms with van der Waals surface area (Å²) in [4.78, 5) is 25.3. The van der Waals surface area contributed by atoms with E-state index in [4.69, 9.17) is 14.2 Å². The molecule has 0 spiro atoms. The van der Waals surface area contributed by atoms with Crippen LogP contribution in [0.2, 0.25) is 0 Å². The molecule has 170 valence electrons. The Morgan fingerprint density at radius 1 is 0.818 bits per heavy atom. The van der Waals surface area contributed by atoms with Gasteiger partial charge in [-0.2, -0.15) is 0 Å². The number of aliphatic imine (C=N–C) groups is 1. The number of non-ortho nitro benzene ring substituents is 1. The molecule has 0 aliphatic rings. The molecule has 0 aliphatic heterocycles. The molecule has 33 heavy (non-hydrogen) atoms. The number of hydrogen-bond acceptors (Lipinski definition) is 8. The number of nitro groups is 2. The fourth-order valence-corrected chi connectivity index (χ4v) is 2.87. The summed E-state index contributed by atoms with van der Waals surface area (Å²) in [5, 5.41) is 22.3. The fourth-order valence-electron chi connectivity index (χ4n) is 2.87. The number of hydrogen-bond donors (Lipinski definition) is 0. The number of nitrogens with zero attached hydrogens (tertiary/aromatic N) is 3. The average molecular weight is 451 g/mol. The molecule has 10 nitrogen and oxygen atoms in total. The van der Waals surface area contributed by atoms with Gasteiger partial charge in [-0.15, -0.1) is 0 Å². The standard InChI is InChI=1S/C23H21N3O7/c1-3-31-19-9-6-17(7-10-19)24-15-16-5-11-22(23(13-16)32-4-2)33-21-12-8-18(25(27)28)14-20(21)26(29)30/h5-15H,3-4H2,1-2H3. The normalized spacial score (nSPS) is 10.7. The van der Waals surface area contributed by atoms with Crippen LogP contribution in [0.1, 0.15) is 19.4 Å². The molecule has 0 aromatic heterocycles. The maximum atomic E-state index is 11.4. The van der Waals surface area contributed by atoms with Crippen LogP contribution in [0.4, 0.5) is 17.1 Å². The van der Waals surface area contributed by atoms with Gasteiger partial charge in [0.05, 0.1) is 34.8 Å². The van der Waals surface area contributed by atoms with Crippen LogP contribution in [0.5, 0.6) is 23.0 Å². The quantitative estimate of drug-likeness (QED) is 0.215. The van der Waals surface area contributed by atoms with Crippen molar-refractivity contribution in [1.29, 1.82) is 0 Å². The molecule has 3 aromatic carbocycles. The SMILES string of the molecule is CCOc1ccc(N=Cc2ccc(Oc3ccc([N+](=O)[O-])cc3[N+](=O)[O-])c(OCC)c2)cc1. The van der Waals surface area contributed by atoms with Gasteiger partial charge in [-0.05, 0) is 67.9 Å². The summed E-state index contributed by atoms with van der Waals surface area (Å²) >= 11 is 0. The van der Waals surface area contributed by atoms with Crippen molar-refractivity contribution in [3.05, 3.63) is 86.5 Å². The Morgan fingerprint density at radius 2 is 1.52 bits per heavy atom. The lowest BCUT2D eigenvalue weighted by Gasteiger charge is -2.12. The van der Waals surface area contributed by atoms with Gasteiger partial charge in [-0.3, -0.25) is 25.2 Å². The van der Waals surface area contributed by atoms with Crippen LogP contribution in [0, 0.1) is 20.2 Å². The van der Waals surface area contributed by atoms with Crippen molar-refractivity contribution in [2.24, 2.45) is 4.99 Å². The highest BCUT2D eigenvalue weighted by atomic mass is 16.6. The third-order valence-electron chi connectivity index (χ3n) is 4.35. The highest BCUT2D eigenvalue weighted by Crippen LogP contribution is 2.38. The van der Waals surface area contributed by atoms with E-state index in [0.717, 1.165) is 29.1 Å². The predicted octanol–water partition coefficient (Wildman–Crippen LogP) is 5.84. The third kappa shape index (κ3) is 6.03. The molecular weight excluding hydrogens is 430 g/mol. The Kier molecular flexibility index (Phi) is 7.53. The highest BCUT2D eigenvalue weighted by Gasteiger charge is 2.22. The third-order valence-corrected chi connectivity index (χ3v) is 4.35. The van der Waals surface area contributed by atoms with E-state index in [1.54, 1.807) is 31.3 Å². The summed E-state index contributed by atoms with van der Waals surface area (Å²) in [6.45, 7) is 4.62. The van der Waals surface area contributed by atoms with Gasteiger partial charge in [-0.25, -0.2) is 0 Å². The van der Waals surface area contributed by atoms with Crippen LogP contribution in [-0.4, -0.2) is 29.3 Å². The van der Waals surface area contributed by atoms with Crippen LogP contribution in [0.3, 0.4) is 0 Å². The molecule has 0 unspecified atom stereocenters. The number of rotatable bonds is 10. The van der Waals surface area contributed by atoms with E-state index in [1.165, 1.54) is 6.07 Å². The molecule has 3 rings (SSSR count). The zero-order chi connectivity index (χ0) is 23.8. The molecule has 0 atom stereocenters. The van der Waals surface area contributed by atoms with Crippen LogP contribution in [0.15, 0.2) is 65.7 Å². The van der Waals surface area contributed by atoms with Crippen LogP contribution >= 0.6 is 0 Å². The summed E-state index contributed by atoms with van der Waals surface area (Å²) in [6, 6.07) is 15.5. The maximum Gasteiger partial charge on any atom is 0.318 e. The Morgan fingerprint density at radius 3 is 2.15 bits per heavy atom. The first kappa shape index (κ1) is 23.2. The van der Waals surface area contributed by atoms with Crippen LogP contribution in [0.25, 0.3) is 0 Å². The van der Waals surface area contributed by atoms with E-state index in [1.807, 2.05) is 31.2 Å². The van der Waals surface area contributed by atoms with E-state index in [0.29, 0.717) is 19.0 Å². The molecule has 10 heteroatoms. The minimum Gasteiger partial charge on any atom is -0.494 e. The maximum absolute atomic E-state index is 11.4. The lowest BCUT2D eigenvalue weighted by atomic mass is 10.2. The molecular formula is C23H21N3O7. The van der Waals surface area contributed by atoms with Crippen molar-refractivity contribution < 1.29 is 24.1 Å². The van der Waals surface area contributed by atoms with Gasteiger partial charge in [0.1, 0.15) is 5.75 Å². The van der Waals surface area contributed by atoms with Crippen molar-refractivity contribution >= 4 is 23.3 Å². The van der Waals surface area contributed by atoms with Crippen molar-refractivity contribution in [1.82, 2.24) is 0 Å². The molecule has 0 radical (unpaired) electrons. The van der Waals surface area contributed by atoms with E-state index >= 15 is 0 Å². The molecule has 0 aliphatic carbocycles. The van der Waals surface area contributed by atoms with Crippen molar-refractivity contribution in [2.75, 3.05) is 13.2 Å². The van der Waals surface area contributed by atoms with E-state index in [2.05, 4.69) is 4.99 Å². The largest absolute Gasteiger partial charge is 0.494 e. The smallest absolute Gasteiger partial charge is 0.318 e. The van der Waals surface area contributed by atoms with Crippen molar-refractivity contribution in [3.8, 4) is 23.0 Å². The number of ether oxygens (including phenoxy) is 3. The molecule has 0 amide bonds. The first-order valence-corrected chi connectivity index (χ1v) is 10.1. The van der Waals surface area contributed by atoms with Gasteiger partial charge in [0.2, 0.25) is 5.75 Å². The Hall–Kier alpha value is -4.47. The first-order valence-electron chi connectivity index (χ1n) is 10.1. The zero-order valence-electron chi connectivity index (χ0n) is 18.0. The summed E-state index contributed by atoms with van der Waals surface area (Å²) in [5.41, 5.74) is 0.531. The van der Waals surface area contributed by atoms with Gasteiger partial charge >= 0.3 is 5.69 Å². The second-order valence-corrected chi connectivity index (χ2v) is 6.59. The Labute approximate surface area is 189 Å². The van der Waals surface area contributed by atoms with Crippen molar-refractivity contribution in [2.45, 2.75) is 13.8 Å². The molecule has 0 fully saturated rings. The molecule has 0 bridgehead atoms. The predicted molar refractivity (Wildman–Crippen MR) is 122 cm³/mol. The Bertz CT molecular complexity index is 1180. The lowest BCUT2D eigenvalue weighted by molar-refractivity contribution is -0.394. The van der Waals surface area contributed by atoms with E-state index in [9.17, 15) is 20.2 Å². The number of benzene rings is 3. The van der Waals surface area contributed by atoms with Gasteiger partial charge < -0.3 is 14.2 Å². The molecule has 0 N–H and O–H groups in total. The summed E-state index contributed by atoms with van der Waals surface area (Å²) in [6.07, 6.45) is 1.65. The van der Waals surface area contributed by atoms with Crippen LogP contribution < -0.4 is 14.2 Å². The second-order valence-electron chi connectivity index (χ2n) is 6.59. The zero-order valence-corrected chi connectivity index (χ0v) is 18.0. The molecule has 0 saturated carbocycles. The highest BCUT2D eigenvalue weighted by molar-refractivity contribution is 5.83.